The Bertz CT molecular complexity index is 339. The predicted molar refractivity (Wildman–Crippen MR) is 69.4 cm³/mol. The van der Waals surface area contributed by atoms with Crippen molar-refractivity contribution in [3.05, 3.63) is 0 Å². The van der Waals surface area contributed by atoms with Gasteiger partial charge in [-0.1, -0.05) is 0 Å². The Labute approximate surface area is 109 Å². The van der Waals surface area contributed by atoms with Crippen LogP contribution in [0.3, 0.4) is 0 Å². The van der Waals surface area contributed by atoms with Crippen LogP contribution in [0.1, 0.15) is 32.1 Å². The zero-order valence-electron chi connectivity index (χ0n) is 10.1. The second-order valence-electron chi connectivity index (χ2n) is 4.96. The lowest BCUT2D eigenvalue weighted by atomic mass is 9.97. The Morgan fingerprint density at radius 3 is 2.35 bits per heavy atom. The monoisotopic (exact) mass is 280 g/mol. The molecule has 0 radical (unpaired) electrons. The van der Waals surface area contributed by atoms with Crippen LogP contribution >= 0.6 is 11.6 Å². The summed E-state index contributed by atoms with van der Waals surface area (Å²) < 4.78 is 28.0. The van der Waals surface area contributed by atoms with Crippen LogP contribution in [0.15, 0.2) is 0 Å². The van der Waals surface area contributed by atoms with Gasteiger partial charge in [-0.25, -0.2) is 0 Å². The number of rotatable bonds is 4. The van der Waals surface area contributed by atoms with Crippen molar-refractivity contribution in [2.45, 2.75) is 32.1 Å². The predicted octanol–water partition coefficient (Wildman–Crippen LogP) is 1.67. The molecule has 4 nitrogen and oxygen atoms in total. The highest BCUT2D eigenvalue weighted by atomic mass is 35.5. The lowest BCUT2D eigenvalue weighted by Gasteiger charge is -2.34. The quantitative estimate of drug-likeness (QED) is 0.735. The largest absolute Gasteiger partial charge is 0.281 e. The van der Waals surface area contributed by atoms with E-state index in [2.05, 4.69) is 0 Å². The Hall–Kier alpha value is 0.160. The van der Waals surface area contributed by atoms with E-state index in [0.29, 0.717) is 38.0 Å². The van der Waals surface area contributed by atoms with Gasteiger partial charge in [0, 0.05) is 32.1 Å². The van der Waals surface area contributed by atoms with Crippen LogP contribution in [0.25, 0.3) is 0 Å². The van der Waals surface area contributed by atoms with Crippen LogP contribution < -0.4 is 0 Å². The normalized spacial score (nSPS) is 28.6. The lowest BCUT2D eigenvalue weighted by molar-refractivity contribution is 0.248. The van der Waals surface area contributed by atoms with Gasteiger partial charge in [0.2, 0.25) is 0 Å². The SMILES string of the molecule is O=S(=O)(N1CCCC1)N1CCCC(CCCl)C1. The van der Waals surface area contributed by atoms with Crippen molar-refractivity contribution in [2.24, 2.45) is 5.92 Å². The summed E-state index contributed by atoms with van der Waals surface area (Å²) in [5, 5.41) is 0. The number of nitrogens with zero attached hydrogens (tertiary/aromatic N) is 2. The number of piperidine rings is 1. The molecule has 0 N–H and O–H groups in total. The minimum atomic E-state index is -3.19. The summed E-state index contributed by atoms with van der Waals surface area (Å²) in [5.74, 6) is 1.07. The van der Waals surface area contributed by atoms with Gasteiger partial charge in [-0.3, -0.25) is 0 Å². The van der Waals surface area contributed by atoms with Gasteiger partial charge in [0.1, 0.15) is 0 Å². The molecule has 2 fully saturated rings. The fraction of sp³-hybridized carbons (Fsp3) is 1.00. The summed E-state index contributed by atoms with van der Waals surface area (Å²) in [4.78, 5) is 0. The molecule has 2 rings (SSSR count). The summed E-state index contributed by atoms with van der Waals surface area (Å²) >= 11 is 5.75. The van der Waals surface area contributed by atoms with Crippen LogP contribution in [0, 0.1) is 5.92 Å². The lowest BCUT2D eigenvalue weighted by Crippen LogP contribution is -2.47. The molecule has 0 aliphatic carbocycles. The molecule has 1 atom stereocenters. The van der Waals surface area contributed by atoms with Crippen molar-refractivity contribution >= 4 is 21.8 Å². The molecule has 2 saturated heterocycles. The molecule has 2 aliphatic rings. The highest BCUT2D eigenvalue weighted by Gasteiger charge is 2.34. The molecular weight excluding hydrogens is 260 g/mol. The van der Waals surface area contributed by atoms with Gasteiger partial charge in [-0.15, -0.1) is 11.6 Å². The summed E-state index contributed by atoms with van der Waals surface area (Å²) in [6, 6.07) is 0. The first-order chi connectivity index (χ1) is 8.14. The second-order valence-corrected chi connectivity index (χ2v) is 7.26. The molecule has 0 bridgehead atoms. The zero-order valence-corrected chi connectivity index (χ0v) is 11.7. The molecule has 2 aliphatic heterocycles. The smallest absolute Gasteiger partial charge is 0.195 e. The zero-order chi connectivity index (χ0) is 12.3. The van der Waals surface area contributed by atoms with Crippen molar-refractivity contribution < 1.29 is 8.42 Å². The number of alkyl halides is 1. The van der Waals surface area contributed by atoms with E-state index in [-0.39, 0.29) is 0 Å². The maximum atomic E-state index is 12.4. The van der Waals surface area contributed by atoms with Gasteiger partial charge in [0.15, 0.2) is 0 Å². The van der Waals surface area contributed by atoms with E-state index < -0.39 is 10.2 Å². The van der Waals surface area contributed by atoms with E-state index in [1.54, 1.807) is 8.61 Å². The number of hydrogen-bond acceptors (Lipinski definition) is 2. The van der Waals surface area contributed by atoms with Gasteiger partial charge in [0.05, 0.1) is 0 Å². The number of halogens is 1. The van der Waals surface area contributed by atoms with Crippen molar-refractivity contribution in [1.82, 2.24) is 8.61 Å². The average Bonchev–Trinajstić information content (AvgIpc) is 2.84. The van der Waals surface area contributed by atoms with Crippen LogP contribution in [-0.2, 0) is 10.2 Å². The molecule has 0 aromatic rings. The van der Waals surface area contributed by atoms with Gasteiger partial charge in [-0.2, -0.15) is 17.0 Å². The van der Waals surface area contributed by atoms with Crippen LogP contribution in [-0.4, -0.2) is 49.1 Å². The van der Waals surface area contributed by atoms with Crippen LogP contribution in [0.5, 0.6) is 0 Å². The Balaban J connectivity index is 2.00. The van der Waals surface area contributed by atoms with Crippen molar-refractivity contribution in [1.29, 1.82) is 0 Å². The Morgan fingerprint density at radius 2 is 1.71 bits per heavy atom. The molecule has 100 valence electrons. The van der Waals surface area contributed by atoms with Crippen LogP contribution in [0.4, 0.5) is 0 Å². The topological polar surface area (TPSA) is 40.6 Å². The maximum Gasteiger partial charge on any atom is 0.281 e. The first kappa shape index (κ1) is 13.6. The molecule has 17 heavy (non-hydrogen) atoms. The molecule has 0 amide bonds. The van der Waals surface area contributed by atoms with Gasteiger partial charge < -0.3 is 0 Å². The van der Waals surface area contributed by atoms with E-state index in [0.717, 1.165) is 32.1 Å². The fourth-order valence-electron chi connectivity index (χ4n) is 2.71. The third kappa shape index (κ3) is 3.13. The highest BCUT2D eigenvalue weighted by Crippen LogP contribution is 2.25. The molecule has 6 heteroatoms. The minimum Gasteiger partial charge on any atom is -0.195 e. The van der Waals surface area contributed by atoms with E-state index in [1.165, 1.54) is 0 Å². The standard InChI is InChI=1S/C11H21ClN2O2S/c12-6-5-11-4-3-9-14(10-11)17(15,16)13-7-1-2-8-13/h11H,1-10H2. The highest BCUT2D eigenvalue weighted by molar-refractivity contribution is 7.86. The minimum absolute atomic E-state index is 0.443. The van der Waals surface area contributed by atoms with Gasteiger partial charge >= 0.3 is 0 Å². The van der Waals surface area contributed by atoms with E-state index in [1.807, 2.05) is 0 Å². The van der Waals surface area contributed by atoms with E-state index >= 15 is 0 Å². The summed E-state index contributed by atoms with van der Waals surface area (Å²) in [7, 11) is -3.19. The average molecular weight is 281 g/mol. The first-order valence-electron chi connectivity index (χ1n) is 6.46. The van der Waals surface area contributed by atoms with Crippen molar-refractivity contribution in [3.8, 4) is 0 Å². The summed E-state index contributed by atoms with van der Waals surface area (Å²) in [5.41, 5.74) is 0. The van der Waals surface area contributed by atoms with E-state index in [4.69, 9.17) is 11.6 Å². The van der Waals surface area contributed by atoms with Gasteiger partial charge in [-0.05, 0) is 38.0 Å². The summed E-state index contributed by atoms with van der Waals surface area (Å²) in [6.07, 6.45) is 5.00. The molecule has 1 unspecified atom stereocenters. The van der Waals surface area contributed by atoms with E-state index in [9.17, 15) is 8.42 Å². The molecule has 2 heterocycles. The molecule has 0 saturated carbocycles. The molecule has 0 aromatic carbocycles. The maximum absolute atomic E-state index is 12.4. The third-order valence-corrected chi connectivity index (χ3v) is 5.94. The molecular formula is C11H21ClN2O2S. The molecule has 0 aromatic heterocycles. The van der Waals surface area contributed by atoms with Gasteiger partial charge in [0.25, 0.3) is 10.2 Å². The second kappa shape index (κ2) is 5.87. The van der Waals surface area contributed by atoms with Crippen molar-refractivity contribution in [2.75, 3.05) is 32.1 Å². The molecule has 0 spiro atoms. The fourth-order valence-corrected chi connectivity index (χ4v) is 4.82. The number of hydrogen-bond donors (Lipinski definition) is 0. The first-order valence-corrected chi connectivity index (χ1v) is 8.39. The Morgan fingerprint density at radius 1 is 1.06 bits per heavy atom. The van der Waals surface area contributed by atoms with Crippen molar-refractivity contribution in [3.63, 3.8) is 0 Å². The summed E-state index contributed by atoms with van der Waals surface area (Å²) in [6.45, 7) is 2.72. The third-order valence-electron chi connectivity index (χ3n) is 3.72. The Kier molecular flexibility index (Phi) is 4.69. The van der Waals surface area contributed by atoms with Crippen LogP contribution in [0.2, 0.25) is 0 Å².